The van der Waals surface area contributed by atoms with Crippen LogP contribution >= 0.6 is 35.0 Å². The van der Waals surface area contributed by atoms with E-state index >= 15 is 0 Å². The van der Waals surface area contributed by atoms with Crippen LogP contribution in [0, 0.1) is 0 Å². The molecule has 0 saturated carbocycles. The predicted molar refractivity (Wildman–Crippen MR) is 131 cm³/mol. The number of amides is 1. The lowest BCUT2D eigenvalue weighted by atomic mass is 9.90. The minimum absolute atomic E-state index is 0.233. The van der Waals surface area contributed by atoms with E-state index < -0.39 is 11.7 Å². The van der Waals surface area contributed by atoms with Gasteiger partial charge in [0.1, 0.15) is 11.4 Å². The number of thioether (sulfide) groups is 1. The highest BCUT2D eigenvalue weighted by molar-refractivity contribution is 7.98. The van der Waals surface area contributed by atoms with E-state index in [1.54, 1.807) is 18.2 Å². The fourth-order valence-electron chi connectivity index (χ4n) is 3.54. The maximum Gasteiger partial charge on any atom is 0.408 e. The van der Waals surface area contributed by atoms with Gasteiger partial charge in [0, 0.05) is 24.7 Å². The molecule has 174 valence electrons. The number of carbonyl (C=O) groups is 1. The topological polar surface area (TPSA) is 76.5 Å². The van der Waals surface area contributed by atoms with E-state index in [-0.39, 0.29) is 11.1 Å². The van der Waals surface area contributed by atoms with Crippen LogP contribution in [-0.2, 0) is 4.74 Å². The average Bonchev–Trinajstić information content (AvgIpc) is 2.68. The Morgan fingerprint density at radius 2 is 1.91 bits per heavy atom. The SMILES string of the molecule is CSc1nc(N2CCC(C)(NC(=O)OC(C)(C)C)CC2)cc(=O)n1-c1cccc(Cl)c1Cl. The molecule has 1 aromatic heterocycles. The zero-order chi connectivity index (χ0) is 23.7. The second-order valence-corrected chi connectivity index (χ2v) is 10.6. The van der Waals surface area contributed by atoms with Crippen molar-refractivity contribution in [3.8, 4) is 5.69 Å². The van der Waals surface area contributed by atoms with Crippen molar-refractivity contribution in [2.75, 3.05) is 24.2 Å². The number of alkyl carbamates (subject to hydrolysis) is 1. The monoisotopic (exact) mass is 498 g/mol. The van der Waals surface area contributed by atoms with Gasteiger partial charge >= 0.3 is 6.09 Å². The normalized spacial score (nSPS) is 16.0. The number of hydrogen-bond acceptors (Lipinski definition) is 6. The Hall–Kier alpha value is -1.90. The van der Waals surface area contributed by atoms with E-state index in [4.69, 9.17) is 32.9 Å². The van der Waals surface area contributed by atoms with Crippen LogP contribution in [0.1, 0.15) is 40.5 Å². The van der Waals surface area contributed by atoms with Crippen molar-refractivity contribution in [3.63, 3.8) is 0 Å². The van der Waals surface area contributed by atoms with Gasteiger partial charge in [0.25, 0.3) is 5.56 Å². The van der Waals surface area contributed by atoms with Crippen LogP contribution in [0.4, 0.5) is 10.6 Å². The first kappa shape index (κ1) is 24.7. The Bertz CT molecular complexity index is 1060. The number of carbonyl (C=O) groups excluding carboxylic acids is 1. The number of benzene rings is 1. The summed E-state index contributed by atoms with van der Waals surface area (Å²) in [6.45, 7) is 8.82. The summed E-state index contributed by atoms with van der Waals surface area (Å²) in [4.78, 5) is 32.0. The van der Waals surface area contributed by atoms with Crippen LogP contribution in [0.25, 0.3) is 5.69 Å². The Morgan fingerprint density at radius 3 is 2.50 bits per heavy atom. The Labute approximate surface area is 202 Å². The second-order valence-electron chi connectivity index (χ2n) is 9.02. The first-order valence-corrected chi connectivity index (χ1v) is 12.3. The number of piperidine rings is 1. The lowest BCUT2D eigenvalue weighted by Crippen LogP contribution is -2.54. The van der Waals surface area contributed by atoms with Gasteiger partial charge in [0.2, 0.25) is 0 Å². The molecule has 1 amide bonds. The van der Waals surface area contributed by atoms with E-state index in [0.29, 0.717) is 52.6 Å². The summed E-state index contributed by atoms with van der Waals surface area (Å²) in [6.07, 6.45) is 2.84. The molecule has 0 aliphatic carbocycles. The van der Waals surface area contributed by atoms with Crippen LogP contribution in [0.5, 0.6) is 0 Å². The van der Waals surface area contributed by atoms with E-state index in [1.807, 2.05) is 34.0 Å². The molecular weight excluding hydrogens is 471 g/mol. The molecule has 2 heterocycles. The highest BCUT2D eigenvalue weighted by Gasteiger charge is 2.34. The molecule has 10 heteroatoms. The zero-order valence-corrected chi connectivity index (χ0v) is 21.2. The summed E-state index contributed by atoms with van der Waals surface area (Å²) in [6, 6.07) is 6.68. The predicted octanol–water partition coefficient (Wildman–Crippen LogP) is 5.14. The van der Waals surface area contributed by atoms with Crippen LogP contribution in [0.2, 0.25) is 10.0 Å². The van der Waals surface area contributed by atoms with Crippen molar-refractivity contribution >= 4 is 46.9 Å². The molecule has 32 heavy (non-hydrogen) atoms. The van der Waals surface area contributed by atoms with Crippen LogP contribution in [-0.4, -0.2) is 46.1 Å². The summed E-state index contributed by atoms with van der Waals surface area (Å²) in [5, 5.41) is 4.20. The third-order valence-electron chi connectivity index (χ3n) is 5.22. The molecule has 0 radical (unpaired) electrons. The quantitative estimate of drug-likeness (QED) is 0.464. The van der Waals surface area contributed by atoms with E-state index in [0.717, 1.165) is 0 Å². The van der Waals surface area contributed by atoms with E-state index in [1.165, 1.54) is 22.4 Å². The first-order chi connectivity index (χ1) is 14.9. The molecule has 1 fully saturated rings. The summed E-state index contributed by atoms with van der Waals surface area (Å²) >= 11 is 13.8. The van der Waals surface area contributed by atoms with Gasteiger partial charge in [-0.05, 0) is 58.9 Å². The van der Waals surface area contributed by atoms with Crippen molar-refractivity contribution in [1.82, 2.24) is 14.9 Å². The smallest absolute Gasteiger partial charge is 0.408 e. The number of halogens is 2. The number of nitrogens with one attached hydrogen (secondary N) is 1. The second kappa shape index (κ2) is 9.53. The van der Waals surface area contributed by atoms with E-state index in [2.05, 4.69) is 10.2 Å². The minimum atomic E-state index is -0.547. The van der Waals surface area contributed by atoms with Crippen molar-refractivity contribution in [1.29, 1.82) is 0 Å². The first-order valence-electron chi connectivity index (χ1n) is 10.3. The summed E-state index contributed by atoms with van der Waals surface area (Å²) in [5.41, 5.74) is -0.663. The maximum atomic E-state index is 13.0. The van der Waals surface area contributed by atoms with Crippen molar-refractivity contribution in [2.45, 2.75) is 56.8 Å². The van der Waals surface area contributed by atoms with Gasteiger partial charge in [-0.25, -0.2) is 9.78 Å². The molecule has 1 aliphatic heterocycles. The summed E-state index contributed by atoms with van der Waals surface area (Å²) < 4.78 is 6.87. The van der Waals surface area contributed by atoms with Gasteiger partial charge in [0.15, 0.2) is 5.16 Å². The zero-order valence-electron chi connectivity index (χ0n) is 18.9. The molecule has 1 saturated heterocycles. The van der Waals surface area contributed by atoms with Crippen molar-refractivity contribution in [3.05, 3.63) is 44.7 Å². The molecule has 7 nitrogen and oxygen atoms in total. The van der Waals surface area contributed by atoms with Gasteiger partial charge < -0.3 is 15.0 Å². The summed E-state index contributed by atoms with van der Waals surface area (Å²) in [7, 11) is 0. The summed E-state index contributed by atoms with van der Waals surface area (Å²) in [5.74, 6) is 0.605. The standard InChI is InChI=1S/C22H28Cl2N4O3S/c1-21(2,3)31-20(30)26-22(4)9-11-27(12-10-22)16-13-17(29)28(19(25-16)32-5)15-8-6-7-14(23)18(15)24/h6-8,13H,9-12H2,1-5H3,(H,26,30). The van der Waals surface area contributed by atoms with Crippen molar-refractivity contribution < 1.29 is 9.53 Å². The fraction of sp³-hybridized carbons (Fsp3) is 0.500. The largest absolute Gasteiger partial charge is 0.444 e. The number of aromatic nitrogens is 2. The molecule has 1 aromatic carbocycles. The molecule has 0 spiro atoms. The van der Waals surface area contributed by atoms with Crippen LogP contribution < -0.4 is 15.8 Å². The highest BCUT2D eigenvalue weighted by Crippen LogP contribution is 2.31. The Kier molecular flexibility index (Phi) is 7.37. The molecule has 1 aliphatic rings. The number of ether oxygens (including phenoxy) is 1. The van der Waals surface area contributed by atoms with Crippen LogP contribution in [0.3, 0.4) is 0 Å². The molecule has 0 bridgehead atoms. The van der Waals surface area contributed by atoms with Gasteiger partial charge in [-0.15, -0.1) is 0 Å². The van der Waals surface area contributed by atoms with Gasteiger partial charge in [-0.3, -0.25) is 9.36 Å². The highest BCUT2D eigenvalue weighted by atomic mass is 35.5. The lowest BCUT2D eigenvalue weighted by Gasteiger charge is -2.40. The number of anilines is 1. The van der Waals surface area contributed by atoms with Crippen LogP contribution in [0.15, 0.2) is 34.2 Å². The molecule has 0 unspecified atom stereocenters. The number of rotatable bonds is 4. The number of hydrogen-bond donors (Lipinski definition) is 1. The molecular formula is C22H28Cl2N4O3S. The molecule has 0 atom stereocenters. The third-order valence-corrected chi connectivity index (χ3v) is 6.67. The molecule has 3 rings (SSSR count). The third kappa shape index (κ3) is 5.71. The number of nitrogens with zero attached hydrogens (tertiary/aromatic N) is 3. The van der Waals surface area contributed by atoms with Gasteiger partial charge in [-0.2, -0.15) is 0 Å². The maximum absolute atomic E-state index is 13.0. The van der Waals surface area contributed by atoms with Gasteiger partial charge in [0.05, 0.1) is 15.7 Å². The Balaban J connectivity index is 1.79. The fourth-order valence-corrected chi connectivity index (χ4v) is 4.48. The average molecular weight is 499 g/mol. The molecule has 1 N–H and O–H groups in total. The molecule has 2 aromatic rings. The van der Waals surface area contributed by atoms with Crippen molar-refractivity contribution in [2.24, 2.45) is 0 Å². The van der Waals surface area contributed by atoms with Gasteiger partial charge in [-0.1, -0.05) is 41.0 Å². The minimum Gasteiger partial charge on any atom is -0.444 e. The lowest BCUT2D eigenvalue weighted by molar-refractivity contribution is 0.0448. The Morgan fingerprint density at radius 1 is 1.25 bits per heavy atom. The van der Waals surface area contributed by atoms with E-state index in [9.17, 15) is 9.59 Å².